The van der Waals surface area contributed by atoms with Crippen molar-refractivity contribution in [3.8, 4) is 0 Å². The van der Waals surface area contributed by atoms with Gasteiger partial charge >= 0.3 is 0 Å². The number of nitrogens with one attached hydrogen (secondary N) is 1. The van der Waals surface area contributed by atoms with Crippen LogP contribution in [0.15, 0.2) is 24.5 Å². The highest BCUT2D eigenvalue weighted by Gasteiger charge is 2.22. The van der Waals surface area contributed by atoms with E-state index in [2.05, 4.69) is 5.32 Å². The van der Waals surface area contributed by atoms with Gasteiger partial charge in [0.2, 0.25) is 5.91 Å². The maximum absolute atomic E-state index is 11.2. The number of hydrogen-bond acceptors (Lipinski definition) is 1. The maximum Gasteiger partial charge on any atom is 0.240 e. The van der Waals surface area contributed by atoms with Gasteiger partial charge in [0, 0.05) is 18.4 Å². The summed E-state index contributed by atoms with van der Waals surface area (Å²) in [7, 11) is 0. The predicted octanol–water partition coefficient (Wildman–Crippen LogP) is 0.767. The zero-order chi connectivity index (χ0) is 8.39. The Balaban J connectivity index is 1.82. The molecular formula is C9H12N2O. The molecule has 2 rings (SSSR count). The minimum Gasteiger partial charge on any atom is -0.352 e. The summed E-state index contributed by atoms with van der Waals surface area (Å²) in [5.41, 5.74) is 0. The molecule has 0 atom stereocenters. The molecule has 1 aromatic heterocycles. The van der Waals surface area contributed by atoms with Crippen LogP contribution in [0.3, 0.4) is 0 Å². The maximum atomic E-state index is 11.2. The number of hydrogen-bond donors (Lipinski definition) is 1. The Labute approximate surface area is 71.4 Å². The van der Waals surface area contributed by atoms with Gasteiger partial charge in [-0.15, -0.1) is 0 Å². The summed E-state index contributed by atoms with van der Waals surface area (Å²) < 4.78 is 1.87. The third kappa shape index (κ3) is 1.87. The zero-order valence-corrected chi connectivity index (χ0v) is 6.86. The lowest BCUT2D eigenvalue weighted by Gasteiger charge is -2.03. The molecule has 0 aromatic carbocycles. The van der Waals surface area contributed by atoms with Crippen LogP contribution in [0.2, 0.25) is 0 Å². The molecule has 1 heterocycles. The minimum atomic E-state index is 0.119. The average Bonchev–Trinajstić information content (AvgIpc) is 2.66. The lowest BCUT2D eigenvalue weighted by Crippen LogP contribution is -2.28. The number of carbonyl (C=O) groups excluding carboxylic acids is 1. The Morgan fingerprint density at radius 1 is 1.42 bits per heavy atom. The predicted molar refractivity (Wildman–Crippen MR) is 45.6 cm³/mol. The van der Waals surface area contributed by atoms with E-state index in [1.54, 1.807) is 0 Å². The molecule has 1 N–H and O–H groups in total. The second kappa shape index (κ2) is 3.01. The highest BCUT2D eigenvalue weighted by Crippen LogP contribution is 2.18. The number of rotatable bonds is 3. The minimum absolute atomic E-state index is 0.119. The first-order valence-electron chi connectivity index (χ1n) is 4.25. The quantitative estimate of drug-likeness (QED) is 0.703. The van der Waals surface area contributed by atoms with E-state index < -0.39 is 0 Å². The molecule has 0 spiro atoms. The van der Waals surface area contributed by atoms with Gasteiger partial charge in [0.25, 0.3) is 0 Å². The van der Waals surface area contributed by atoms with Crippen molar-refractivity contribution in [1.29, 1.82) is 0 Å². The van der Waals surface area contributed by atoms with E-state index in [1.807, 2.05) is 29.1 Å². The van der Waals surface area contributed by atoms with Crippen molar-refractivity contribution < 1.29 is 4.79 Å². The van der Waals surface area contributed by atoms with E-state index in [1.165, 1.54) is 0 Å². The van der Waals surface area contributed by atoms with Crippen LogP contribution in [0.4, 0.5) is 0 Å². The number of aromatic nitrogens is 1. The van der Waals surface area contributed by atoms with Gasteiger partial charge in [-0.3, -0.25) is 4.79 Å². The third-order valence-electron chi connectivity index (χ3n) is 1.93. The van der Waals surface area contributed by atoms with E-state index in [9.17, 15) is 4.79 Å². The third-order valence-corrected chi connectivity index (χ3v) is 1.93. The second-order valence-electron chi connectivity index (χ2n) is 3.20. The SMILES string of the molecule is O=C(Cn1cccc1)NC1CC1. The van der Waals surface area contributed by atoms with E-state index in [4.69, 9.17) is 0 Å². The fourth-order valence-corrected chi connectivity index (χ4v) is 1.14. The lowest BCUT2D eigenvalue weighted by atomic mass is 10.5. The van der Waals surface area contributed by atoms with Gasteiger partial charge in [0.15, 0.2) is 0 Å². The van der Waals surface area contributed by atoms with Crippen LogP contribution in [0.1, 0.15) is 12.8 Å². The summed E-state index contributed by atoms with van der Waals surface area (Å²) in [5, 5.41) is 2.93. The van der Waals surface area contributed by atoms with Crippen LogP contribution >= 0.6 is 0 Å². The van der Waals surface area contributed by atoms with Crippen LogP contribution in [0.25, 0.3) is 0 Å². The summed E-state index contributed by atoms with van der Waals surface area (Å²) in [5.74, 6) is 0.119. The van der Waals surface area contributed by atoms with Crippen LogP contribution in [-0.4, -0.2) is 16.5 Å². The summed E-state index contributed by atoms with van der Waals surface area (Å²) in [6.45, 7) is 0.448. The largest absolute Gasteiger partial charge is 0.352 e. The van der Waals surface area contributed by atoms with E-state index in [0.717, 1.165) is 12.8 Å². The summed E-state index contributed by atoms with van der Waals surface area (Å²) in [4.78, 5) is 11.2. The average molecular weight is 164 g/mol. The van der Waals surface area contributed by atoms with Crippen molar-refractivity contribution in [2.45, 2.75) is 25.4 Å². The molecule has 0 saturated heterocycles. The molecule has 0 radical (unpaired) electrons. The topological polar surface area (TPSA) is 34.0 Å². The van der Waals surface area contributed by atoms with Gasteiger partial charge in [-0.2, -0.15) is 0 Å². The summed E-state index contributed by atoms with van der Waals surface area (Å²) in [6.07, 6.45) is 6.09. The Kier molecular flexibility index (Phi) is 1.86. The lowest BCUT2D eigenvalue weighted by molar-refractivity contribution is -0.121. The van der Waals surface area contributed by atoms with Crippen LogP contribution in [-0.2, 0) is 11.3 Å². The normalized spacial score (nSPS) is 16.0. The fraction of sp³-hybridized carbons (Fsp3) is 0.444. The smallest absolute Gasteiger partial charge is 0.240 e. The molecule has 1 aromatic rings. The second-order valence-corrected chi connectivity index (χ2v) is 3.20. The van der Waals surface area contributed by atoms with Gasteiger partial charge in [-0.05, 0) is 25.0 Å². The van der Waals surface area contributed by atoms with Crippen LogP contribution < -0.4 is 5.32 Å². The van der Waals surface area contributed by atoms with Crippen LogP contribution in [0, 0.1) is 0 Å². The van der Waals surface area contributed by atoms with Crippen molar-refractivity contribution in [2.75, 3.05) is 0 Å². The molecule has 0 aliphatic heterocycles. The van der Waals surface area contributed by atoms with E-state index in [0.29, 0.717) is 12.6 Å². The Bertz CT molecular complexity index is 262. The molecule has 1 amide bonds. The molecule has 12 heavy (non-hydrogen) atoms. The molecule has 3 nitrogen and oxygen atoms in total. The van der Waals surface area contributed by atoms with Gasteiger partial charge in [-0.25, -0.2) is 0 Å². The highest BCUT2D eigenvalue weighted by atomic mass is 16.2. The Morgan fingerprint density at radius 2 is 2.08 bits per heavy atom. The van der Waals surface area contributed by atoms with Crippen molar-refractivity contribution in [1.82, 2.24) is 9.88 Å². The van der Waals surface area contributed by atoms with E-state index >= 15 is 0 Å². The monoisotopic (exact) mass is 164 g/mol. The standard InChI is InChI=1S/C9H12N2O/c12-9(10-8-3-4-8)7-11-5-1-2-6-11/h1-2,5-6,8H,3-4,7H2,(H,10,12). The Hall–Kier alpha value is -1.25. The van der Waals surface area contributed by atoms with Crippen molar-refractivity contribution >= 4 is 5.91 Å². The molecule has 1 saturated carbocycles. The Morgan fingerprint density at radius 3 is 2.67 bits per heavy atom. The summed E-state index contributed by atoms with van der Waals surface area (Å²) >= 11 is 0. The van der Waals surface area contributed by atoms with Gasteiger partial charge in [-0.1, -0.05) is 0 Å². The molecule has 0 unspecified atom stereocenters. The molecule has 0 bridgehead atoms. The number of amides is 1. The number of nitrogens with zero attached hydrogens (tertiary/aromatic N) is 1. The van der Waals surface area contributed by atoms with Crippen molar-refractivity contribution in [3.63, 3.8) is 0 Å². The molecular weight excluding hydrogens is 152 g/mol. The summed E-state index contributed by atoms with van der Waals surface area (Å²) in [6, 6.07) is 4.31. The molecule has 1 aliphatic carbocycles. The molecule has 3 heteroatoms. The van der Waals surface area contributed by atoms with Gasteiger partial charge < -0.3 is 9.88 Å². The number of carbonyl (C=O) groups is 1. The highest BCUT2D eigenvalue weighted by molar-refractivity contribution is 5.76. The van der Waals surface area contributed by atoms with Crippen molar-refractivity contribution in [2.24, 2.45) is 0 Å². The first-order valence-corrected chi connectivity index (χ1v) is 4.25. The van der Waals surface area contributed by atoms with Crippen molar-refractivity contribution in [3.05, 3.63) is 24.5 Å². The molecule has 1 aliphatic rings. The fourth-order valence-electron chi connectivity index (χ4n) is 1.14. The van der Waals surface area contributed by atoms with Crippen LogP contribution in [0.5, 0.6) is 0 Å². The first kappa shape index (κ1) is 7.40. The van der Waals surface area contributed by atoms with Gasteiger partial charge in [0.1, 0.15) is 6.54 Å². The first-order chi connectivity index (χ1) is 5.84. The molecule has 64 valence electrons. The van der Waals surface area contributed by atoms with E-state index in [-0.39, 0.29) is 5.91 Å². The van der Waals surface area contributed by atoms with Gasteiger partial charge in [0.05, 0.1) is 0 Å². The molecule has 1 fully saturated rings. The zero-order valence-electron chi connectivity index (χ0n) is 6.86.